The fraction of sp³-hybridized carbons (Fsp3) is 0.364. The van der Waals surface area contributed by atoms with Crippen LogP contribution >= 0.6 is 34.8 Å². The second kappa shape index (κ2) is 6.94. The van der Waals surface area contributed by atoms with Crippen molar-refractivity contribution in [2.24, 2.45) is 0 Å². The monoisotopic (exact) mass is 295 g/mol. The van der Waals surface area contributed by atoms with Crippen molar-refractivity contribution in [1.29, 1.82) is 0 Å². The third kappa shape index (κ3) is 5.48. The maximum absolute atomic E-state index is 10.9. The van der Waals surface area contributed by atoms with Gasteiger partial charge in [-0.05, 0) is 25.1 Å². The van der Waals surface area contributed by atoms with E-state index in [0.29, 0.717) is 22.3 Å². The lowest BCUT2D eigenvalue weighted by Crippen LogP contribution is -2.34. The highest BCUT2D eigenvalue weighted by Crippen LogP contribution is 2.24. The Bertz CT molecular complexity index is 378. The minimum Gasteiger partial charge on any atom is -0.489 e. The summed E-state index contributed by atoms with van der Waals surface area (Å²) in [4.78, 5) is 10.9. The van der Waals surface area contributed by atoms with Gasteiger partial charge in [0, 0.05) is 10.0 Å². The van der Waals surface area contributed by atoms with Gasteiger partial charge in [0.25, 0.3) is 0 Å². The molecule has 1 atom stereocenters. The molecule has 1 amide bonds. The zero-order valence-electron chi connectivity index (χ0n) is 9.17. The van der Waals surface area contributed by atoms with E-state index >= 15 is 0 Å². The first-order chi connectivity index (χ1) is 8.01. The Hall–Kier alpha value is -0.640. The molecule has 0 saturated carbocycles. The molecule has 3 nitrogen and oxygen atoms in total. The fourth-order valence-corrected chi connectivity index (χ4v) is 1.78. The second-order valence-corrected chi connectivity index (χ2v) is 4.61. The maximum Gasteiger partial charge on any atom is 0.235 e. The summed E-state index contributed by atoms with van der Waals surface area (Å²) >= 11 is 17.0. The summed E-state index contributed by atoms with van der Waals surface area (Å²) in [6.45, 7) is 2.19. The summed E-state index contributed by atoms with van der Waals surface area (Å²) in [6, 6.07) is 4.94. The van der Waals surface area contributed by atoms with Crippen LogP contribution in [0.2, 0.25) is 10.0 Å². The largest absolute Gasteiger partial charge is 0.489 e. The van der Waals surface area contributed by atoms with Crippen LogP contribution in [0, 0.1) is 0 Å². The van der Waals surface area contributed by atoms with Gasteiger partial charge in [-0.3, -0.25) is 4.79 Å². The van der Waals surface area contributed by atoms with E-state index in [1.165, 1.54) is 0 Å². The van der Waals surface area contributed by atoms with Gasteiger partial charge in [-0.15, -0.1) is 11.6 Å². The number of nitrogens with one attached hydrogen (secondary N) is 1. The van der Waals surface area contributed by atoms with Gasteiger partial charge in [0.1, 0.15) is 17.7 Å². The van der Waals surface area contributed by atoms with Gasteiger partial charge in [0.05, 0.1) is 6.54 Å². The molecule has 1 aromatic rings. The normalized spacial score (nSPS) is 12.0. The molecule has 0 fully saturated rings. The average Bonchev–Trinajstić information content (AvgIpc) is 2.24. The summed E-state index contributed by atoms with van der Waals surface area (Å²) in [6.07, 6.45) is -0.198. The summed E-state index contributed by atoms with van der Waals surface area (Å²) in [5.41, 5.74) is 0. The molecule has 0 saturated heterocycles. The predicted octanol–water partition coefficient (Wildman–Crippen LogP) is 3.12. The third-order valence-corrected chi connectivity index (χ3v) is 2.56. The van der Waals surface area contributed by atoms with Crippen LogP contribution < -0.4 is 10.1 Å². The third-order valence-electron chi connectivity index (χ3n) is 1.88. The molecule has 94 valence electrons. The molecular formula is C11H12Cl3NO2. The highest BCUT2D eigenvalue weighted by atomic mass is 35.5. The van der Waals surface area contributed by atoms with Crippen LogP contribution in [0.15, 0.2) is 18.2 Å². The van der Waals surface area contributed by atoms with Gasteiger partial charge in [-0.1, -0.05) is 23.2 Å². The zero-order chi connectivity index (χ0) is 12.8. The standard InChI is InChI=1S/C11H12Cl3NO2/c1-7(6-15-11(16)5-12)17-10-3-8(13)2-9(14)4-10/h2-4,7H,5-6H2,1H3,(H,15,16). The summed E-state index contributed by atoms with van der Waals surface area (Å²) in [5.74, 6) is 0.275. The van der Waals surface area contributed by atoms with Crippen molar-refractivity contribution in [3.05, 3.63) is 28.2 Å². The van der Waals surface area contributed by atoms with E-state index in [4.69, 9.17) is 39.5 Å². The number of ether oxygens (including phenoxy) is 1. The number of alkyl halides is 1. The van der Waals surface area contributed by atoms with Crippen molar-refractivity contribution in [3.63, 3.8) is 0 Å². The number of hydrogen-bond donors (Lipinski definition) is 1. The number of benzene rings is 1. The molecule has 0 spiro atoms. The van der Waals surface area contributed by atoms with E-state index in [-0.39, 0.29) is 17.9 Å². The molecule has 0 heterocycles. The molecule has 0 bridgehead atoms. The molecular weight excluding hydrogens is 284 g/mol. The average molecular weight is 297 g/mol. The predicted molar refractivity (Wildman–Crippen MR) is 70.3 cm³/mol. The summed E-state index contributed by atoms with van der Waals surface area (Å²) in [7, 11) is 0. The number of halogens is 3. The van der Waals surface area contributed by atoms with Gasteiger partial charge in [0.2, 0.25) is 5.91 Å². The van der Waals surface area contributed by atoms with Crippen LogP contribution in [0.1, 0.15) is 6.92 Å². The van der Waals surface area contributed by atoms with Crippen LogP contribution in [0.25, 0.3) is 0 Å². The molecule has 6 heteroatoms. The Labute approximate surface area is 115 Å². The first-order valence-corrected chi connectivity index (χ1v) is 6.25. The molecule has 1 N–H and O–H groups in total. The second-order valence-electron chi connectivity index (χ2n) is 3.47. The fourth-order valence-electron chi connectivity index (χ4n) is 1.18. The SMILES string of the molecule is CC(CNC(=O)CCl)Oc1cc(Cl)cc(Cl)c1. The molecule has 0 radical (unpaired) electrons. The van der Waals surface area contributed by atoms with E-state index in [2.05, 4.69) is 5.32 Å². The Kier molecular flexibility index (Phi) is 5.89. The summed E-state index contributed by atoms with van der Waals surface area (Å²) < 4.78 is 5.54. The Balaban J connectivity index is 2.50. The number of carbonyl (C=O) groups is 1. The van der Waals surface area contributed by atoms with Gasteiger partial charge in [-0.25, -0.2) is 0 Å². The van der Waals surface area contributed by atoms with Crippen LogP contribution in [0.3, 0.4) is 0 Å². The molecule has 0 aliphatic heterocycles. The highest BCUT2D eigenvalue weighted by Gasteiger charge is 2.07. The first-order valence-electron chi connectivity index (χ1n) is 4.96. The molecule has 1 aromatic carbocycles. The number of rotatable bonds is 5. The Morgan fingerprint density at radius 3 is 2.47 bits per heavy atom. The maximum atomic E-state index is 10.9. The van der Waals surface area contributed by atoms with Crippen LogP contribution in [-0.2, 0) is 4.79 Å². The van der Waals surface area contributed by atoms with Gasteiger partial charge in [-0.2, -0.15) is 0 Å². The van der Waals surface area contributed by atoms with Gasteiger partial charge >= 0.3 is 0 Å². The molecule has 0 aliphatic rings. The minimum absolute atomic E-state index is 0.0598. The Morgan fingerprint density at radius 2 is 1.94 bits per heavy atom. The smallest absolute Gasteiger partial charge is 0.235 e. The highest BCUT2D eigenvalue weighted by molar-refractivity contribution is 6.34. The summed E-state index contributed by atoms with van der Waals surface area (Å²) in [5, 5.41) is 3.63. The van der Waals surface area contributed by atoms with Crippen molar-refractivity contribution in [2.75, 3.05) is 12.4 Å². The molecule has 0 aliphatic carbocycles. The number of hydrogen-bond acceptors (Lipinski definition) is 2. The van der Waals surface area contributed by atoms with Gasteiger partial charge in [0.15, 0.2) is 0 Å². The quantitative estimate of drug-likeness (QED) is 0.848. The van der Waals surface area contributed by atoms with Crippen molar-refractivity contribution in [1.82, 2.24) is 5.32 Å². The van der Waals surface area contributed by atoms with Crippen molar-refractivity contribution >= 4 is 40.7 Å². The molecule has 17 heavy (non-hydrogen) atoms. The molecule has 0 aromatic heterocycles. The lowest BCUT2D eigenvalue weighted by atomic mass is 10.3. The molecule has 1 unspecified atom stereocenters. The number of amides is 1. The minimum atomic E-state index is -0.230. The number of carbonyl (C=O) groups excluding carboxylic acids is 1. The van der Waals surface area contributed by atoms with E-state index < -0.39 is 0 Å². The van der Waals surface area contributed by atoms with Crippen LogP contribution in [0.5, 0.6) is 5.75 Å². The van der Waals surface area contributed by atoms with Crippen molar-refractivity contribution < 1.29 is 9.53 Å². The Morgan fingerprint density at radius 1 is 1.35 bits per heavy atom. The van der Waals surface area contributed by atoms with Crippen molar-refractivity contribution in [2.45, 2.75) is 13.0 Å². The molecule has 1 rings (SSSR count). The van der Waals surface area contributed by atoms with E-state index in [9.17, 15) is 4.79 Å². The zero-order valence-corrected chi connectivity index (χ0v) is 11.4. The van der Waals surface area contributed by atoms with Crippen LogP contribution in [-0.4, -0.2) is 24.4 Å². The van der Waals surface area contributed by atoms with Crippen molar-refractivity contribution in [3.8, 4) is 5.75 Å². The first kappa shape index (κ1) is 14.4. The van der Waals surface area contributed by atoms with E-state index in [1.807, 2.05) is 6.92 Å². The topological polar surface area (TPSA) is 38.3 Å². The van der Waals surface area contributed by atoms with E-state index in [0.717, 1.165) is 0 Å². The lowest BCUT2D eigenvalue weighted by molar-refractivity contribution is -0.119. The van der Waals surface area contributed by atoms with Crippen LogP contribution in [0.4, 0.5) is 0 Å². The van der Waals surface area contributed by atoms with E-state index in [1.54, 1.807) is 18.2 Å². The van der Waals surface area contributed by atoms with Gasteiger partial charge < -0.3 is 10.1 Å². The lowest BCUT2D eigenvalue weighted by Gasteiger charge is -2.15.